The first kappa shape index (κ1) is 15.0. The standard InChI is InChI=1S/C17H23N3O2/c1-12-4-5-16-15(8-12)9-18-20(16)7-6-17(21)19-10-13(2)22-14(3)11-19/h4-5,8-9,13-14H,6-7,10-11H2,1-3H3/t13-,14-/m0/s1. The topological polar surface area (TPSA) is 47.4 Å². The monoisotopic (exact) mass is 301 g/mol. The fourth-order valence-corrected chi connectivity index (χ4v) is 3.13. The van der Waals surface area contributed by atoms with Gasteiger partial charge in [-0.3, -0.25) is 9.48 Å². The molecule has 5 heteroatoms. The maximum atomic E-state index is 12.4. The molecule has 118 valence electrons. The highest BCUT2D eigenvalue weighted by atomic mass is 16.5. The zero-order valence-corrected chi connectivity index (χ0v) is 13.5. The number of carbonyl (C=O) groups is 1. The van der Waals surface area contributed by atoms with Gasteiger partial charge in [0.2, 0.25) is 5.91 Å². The van der Waals surface area contributed by atoms with Crippen molar-refractivity contribution < 1.29 is 9.53 Å². The summed E-state index contributed by atoms with van der Waals surface area (Å²) < 4.78 is 7.59. The number of aromatic nitrogens is 2. The zero-order chi connectivity index (χ0) is 15.7. The van der Waals surface area contributed by atoms with Gasteiger partial charge in [0.1, 0.15) is 0 Å². The Bertz CT molecular complexity index is 670. The molecule has 5 nitrogen and oxygen atoms in total. The lowest BCUT2D eigenvalue weighted by Gasteiger charge is -2.35. The lowest BCUT2D eigenvalue weighted by atomic mass is 10.2. The van der Waals surface area contributed by atoms with Gasteiger partial charge in [0, 0.05) is 24.9 Å². The van der Waals surface area contributed by atoms with Crippen molar-refractivity contribution in [2.75, 3.05) is 13.1 Å². The molecule has 1 fully saturated rings. The van der Waals surface area contributed by atoms with Crippen LogP contribution in [0, 0.1) is 6.92 Å². The Labute approximate surface area is 130 Å². The van der Waals surface area contributed by atoms with E-state index in [9.17, 15) is 4.79 Å². The van der Waals surface area contributed by atoms with Crippen LogP contribution in [0.3, 0.4) is 0 Å². The predicted molar refractivity (Wildman–Crippen MR) is 85.7 cm³/mol. The molecular weight excluding hydrogens is 278 g/mol. The Kier molecular flexibility index (Phi) is 4.16. The molecule has 2 heterocycles. The Balaban J connectivity index is 1.65. The number of fused-ring (bicyclic) bond motifs is 1. The first-order valence-corrected chi connectivity index (χ1v) is 7.88. The lowest BCUT2D eigenvalue weighted by molar-refractivity contribution is -0.143. The second-order valence-electron chi connectivity index (χ2n) is 6.24. The average Bonchev–Trinajstić information content (AvgIpc) is 2.85. The zero-order valence-electron chi connectivity index (χ0n) is 13.5. The molecule has 0 unspecified atom stereocenters. The summed E-state index contributed by atoms with van der Waals surface area (Å²) in [6.07, 6.45) is 2.57. The van der Waals surface area contributed by atoms with Crippen LogP contribution >= 0.6 is 0 Å². The SMILES string of the molecule is Cc1ccc2c(cnn2CCC(=O)N2C[C@H](C)O[C@@H](C)C2)c1. The van der Waals surface area contributed by atoms with E-state index in [1.54, 1.807) is 0 Å². The van der Waals surface area contributed by atoms with Crippen molar-refractivity contribution in [3.63, 3.8) is 0 Å². The van der Waals surface area contributed by atoms with Crippen molar-refractivity contribution in [1.29, 1.82) is 0 Å². The number of rotatable bonds is 3. The minimum absolute atomic E-state index is 0.112. The Hall–Kier alpha value is -1.88. The van der Waals surface area contributed by atoms with Gasteiger partial charge in [-0.15, -0.1) is 0 Å². The molecule has 2 aromatic rings. The number of ether oxygens (including phenoxy) is 1. The molecule has 0 N–H and O–H groups in total. The molecule has 1 aromatic carbocycles. The minimum Gasteiger partial charge on any atom is -0.372 e. The minimum atomic E-state index is 0.112. The Morgan fingerprint density at radius 3 is 2.77 bits per heavy atom. The number of nitrogens with zero attached hydrogens (tertiary/aromatic N) is 3. The fourth-order valence-electron chi connectivity index (χ4n) is 3.13. The quantitative estimate of drug-likeness (QED) is 0.874. The van der Waals surface area contributed by atoms with E-state index in [1.807, 2.05) is 29.6 Å². The van der Waals surface area contributed by atoms with Crippen molar-refractivity contribution in [1.82, 2.24) is 14.7 Å². The van der Waals surface area contributed by atoms with Crippen molar-refractivity contribution in [2.24, 2.45) is 0 Å². The predicted octanol–water partition coefficient (Wildman–Crippen LogP) is 2.37. The van der Waals surface area contributed by atoms with Crippen LogP contribution in [-0.2, 0) is 16.1 Å². The van der Waals surface area contributed by atoms with Crippen molar-refractivity contribution in [2.45, 2.75) is 45.9 Å². The van der Waals surface area contributed by atoms with Crippen LogP contribution in [-0.4, -0.2) is 45.9 Å². The van der Waals surface area contributed by atoms with E-state index in [1.165, 1.54) is 5.56 Å². The summed E-state index contributed by atoms with van der Waals surface area (Å²) in [4.78, 5) is 14.3. The molecule has 22 heavy (non-hydrogen) atoms. The van der Waals surface area contributed by atoms with Crippen LogP contribution in [0.5, 0.6) is 0 Å². The van der Waals surface area contributed by atoms with E-state index in [2.05, 4.69) is 30.2 Å². The number of hydrogen-bond donors (Lipinski definition) is 0. The van der Waals surface area contributed by atoms with Crippen LogP contribution in [0.1, 0.15) is 25.8 Å². The number of aryl methyl sites for hydroxylation is 2. The molecule has 0 aliphatic carbocycles. The summed E-state index contributed by atoms with van der Waals surface area (Å²) >= 11 is 0. The van der Waals surface area contributed by atoms with Crippen molar-refractivity contribution in [3.8, 4) is 0 Å². The van der Waals surface area contributed by atoms with Crippen LogP contribution in [0.25, 0.3) is 10.9 Å². The Morgan fingerprint density at radius 1 is 1.32 bits per heavy atom. The van der Waals surface area contributed by atoms with Gasteiger partial charge in [0.05, 0.1) is 30.5 Å². The fraction of sp³-hybridized carbons (Fsp3) is 0.529. The van der Waals surface area contributed by atoms with Crippen LogP contribution in [0.2, 0.25) is 0 Å². The summed E-state index contributed by atoms with van der Waals surface area (Å²) in [5.41, 5.74) is 2.31. The first-order valence-electron chi connectivity index (χ1n) is 7.88. The van der Waals surface area contributed by atoms with Gasteiger partial charge in [0.25, 0.3) is 0 Å². The molecule has 0 bridgehead atoms. The summed E-state index contributed by atoms with van der Waals surface area (Å²) in [5, 5.41) is 5.53. The van der Waals surface area contributed by atoms with E-state index in [0.29, 0.717) is 26.1 Å². The molecule has 3 rings (SSSR count). The highest BCUT2D eigenvalue weighted by molar-refractivity contribution is 5.80. The van der Waals surface area contributed by atoms with Gasteiger partial charge in [-0.1, -0.05) is 11.6 Å². The molecule has 1 aliphatic rings. The van der Waals surface area contributed by atoms with E-state index >= 15 is 0 Å². The van der Waals surface area contributed by atoms with Crippen molar-refractivity contribution >= 4 is 16.8 Å². The first-order chi connectivity index (χ1) is 10.5. The smallest absolute Gasteiger partial charge is 0.224 e. The van der Waals surface area contributed by atoms with Gasteiger partial charge in [-0.25, -0.2) is 0 Å². The summed E-state index contributed by atoms with van der Waals surface area (Å²) in [5.74, 6) is 0.178. The highest BCUT2D eigenvalue weighted by Gasteiger charge is 2.25. The van der Waals surface area contributed by atoms with Gasteiger partial charge in [-0.05, 0) is 32.9 Å². The molecule has 1 aromatic heterocycles. The highest BCUT2D eigenvalue weighted by Crippen LogP contribution is 2.16. The van der Waals surface area contributed by atoms with E-state index in [-0.39, 0.29) is 18.1 Å². The number of amides is 1. The van der Waals surface area contributed by atoms with Gasteiger partial charge in [-0.2, -0.15) is 5.10 Å². The van der Waals surface area contributed by atoms with E-state index < -0.39 is 0 Å². The van der Waals surface area contributed by atoms with Crippen LogP contribution in [0.4, 0.5) is 0 Å². The molecule has 2 atom stereocenters. The second kappa shape index (κ2) is 6.08. The number of carbonyl (C=O) groups excluding carboxylic acids is 1. The number of hydrogen-bond acceptors (Lipinski definition) is 3. The van der Waals surface area contributed by atoms with Gasteiger partial charge >= 0.3 is 0 Å². The third kappa shape index (κ3) is 3.14. The van der Waals surface area contributed by atoms with Crippen LogP contribution in [0.15, 0.2) is 24.4 Å². The maximum absolute atomic E-state index is 12.4. The third-order valence-corrected chi connectivity index (χ3v) is 4.11. The number of benzene rings is 1. The van der Waals surface area contributed by atoms with E-state index in [0.717, 1.165) is 10.9 Å². The maximum Gasteiger partial charge on any atom is 0.224 e. The summed E-state index contributed by atoms with van der Waals surface area (Å²) in [6.45, 7) is 8.08. The molecule has 0 radical (unpaired) electrons. The van der Waals surface area contributed by atoms with E-state index in [4.69, 9.17) is 4.74 Å². The Morgan fingerprint density at radius 2 is 2.05 bits per heavy atom. The normalized spacial score (nSPS) is 22.2. The third-order valence-electron chi connectivity index (χ3n) is 4.11. The molecule has 1 saturated heterocycles. The second-order valence-corrected chi connectivity index (χ2v) is 6.24. The molecule has 1 aliphatic heterocycles. The van der Waals surface area contributed by atoms with Gasteiger partial charge in [0.15, 0.2) is 0 Å². The largest absolute Gasteiger partial charge is 0.372 e. The average molecular weight is 301 g/mol. The summed E-state index contributed by atoms with van der Waals surface area (Å²) in [6, 6.07) is 6.26. The molecule has 1 amide bonds. The molecular formula is C17H23N3O2. The van der Waals surface area contributed by atoms with Crippen LogP contribution < -0.4 is 0 Å². The lowest BCUT2D eigenvalue weighted by Crippen LogP contribution is -2.48. The number of morpholine rings is 1. The van der Waals surface area contributed by atoms with Gasteiger partial charge < -0.3 is 9.64 Å². The summed E-state index contributed by atoms with van der Waals surface area (Å²) in [7, 11) is 0. The molecule has 0 saturated carbocycles. The van der Waals surface area contributed by atoms with Crippen molar-refractivity contribution in [3.05, 3.63) is 30.0 Å². The molecule has 0 spiro atoms.